The lowest BCUT2D eigenvalue weighted by atomic mass is 9.91. The fourth-order valence-electron chi connectivity index (χ4n) is 3.73. The Morgan fingerprint density at radius 2 is 1.83 bits per heavy atom. The van der Waals surface area contributed by atoms with Crippen LogP contribution in [0.2, 0.25) is 10.0 Å². The second-order valence-electron chi connectivity index (χ2n) is 7.17. The number of hydrogen-bond donors (Lipinski definition) is 2. The third-order valence-corrected chi connectivity index (χ3v) is 5.68. The van der Waals surface area contributed by atoms with Crippen molar-refractivity contribution in [1.29, 1.82) is 0 Å². The predicted molar refractivity (Wildman–Crippen MR) is 123 cm³/mol. The molecule has 0 unspecified atom stereocenters. The van der Waals surface area contributed by atoms with Gasteiger partial charge in [-0.1, -0.05) is 35.3 Å². The highest BCUT2D eigenvalue weighted by atomic mass is 35.5. The summed E-state index contributed by atoms with van der Waals surface area (Å²) in [6.45, 7) is 2.28. The van der Waals surface area contributed by atoms with Crippen molar-refractivity contribution in [2.45, 2.75) is 25.3 Å². The van der Waals surface area contributed by atoms with Crippen LogP contribution in [-0.4, -0.2) is 28.8 Å². The summed E-state index contributed by atoms with van der Waals surface area (Å²) in [6.07, 6.45) is 3.60. The van der Waals surface area contributed by atoms with Gasteiger partial charge in [0.2, 0.25) is 0 Å². The molecule has 1 fully saturated rings. The highest BCUT2D eigenvalue weighted by molar-refractivity contribution is 6.30. The largest absolute Gasteiger partial charge is 0.348 e. The van der Waals surface area contributed by atoms with E-state index >= 15 is 0 Å². The van der Waals surface area contributed by atoms with Crippen LogP contribution >= 0.6 is 35.6 Å². The van der Waals surface area contributed by atoms with Crippen molar-refractivity contribution in [2.24, 2.45) is 0 Å². The molecule has 0 bridgehead atoms. The van der Waals surface area contributed by atoms with E-state index in [1.165, 1.54) is 0 Å². The van der Waals surface area contributed by atoms with Crippen molar-refractivity contribution >= 4 is 41.5 Å². The molecular weight excluding hydrogens is 443 g/mol. The first-order valence-corrected chi connectivity index (χ1v) is 10.4. The molecule has 0 radical (unpaired) electrons. The molecule has 30 heavy (non-hydrogen) atoms. The van der Waals surface area contributed by atoms with Gasteiger partial charge in [0.1, 0.15) is 0 Å². The van der Waals surface area contributed by atoms with Gasteiger partial charge in [-0.05, 0) is 67.9 Å². The predicted octanol–water partition coefficient (Wildman–Crippen LogP) is 5.00. The Labute approximate surface area is 192 Å². The van der Waals surface area contributed by atoms with Gasteiger partial charge in [0, 0.05) is 22.5 Å². The summed E-state index contributed by atoms with van der Waals surface area (Å²) < 4.78 is 1.88. The van der Waals surface area contributed by atoms with Gasteiger partial charge in [0.05, 0.1) is 23.1 Å². The average Bonchev–Trinajstić information content (AvgIpc) is 3.18. The van der Waals surface area contributed by atoms with Crippen LogP contribution in [0.25, 0.3) is 5.69 Å². The van der Waals surface area contributed by atoms with E-state index in [9.17, 15) is 4.79 Å². The molecule has 2 heterocycles. The van der Waals surface area contributed by atoms with Crippen molar-refractivity contribution in [3.05, 3.63) is 81.6 Å². The molecule has 3 aromatic rings. The van der Waals surface area contributed by atoms with Crippen molar-refractivity contribution in [3.63, 3.8) is 0 Å². The lowest BCUT2D eigenvalue weighted by molar-refractivity contribution is 0.0949. The maximum atomic E-state index is 13.0. The lowest BCUT2D eigenvalue weighted by Gasteiger charge is -2.24. The Hall–Kier alpha value is -2.05. The zero-order chi connectivity index (χ0) is 20.2. The van der Waals surface area contributed by atoms with Gasteiger partial charge >= 0.3 is 0 Å². The summed E-state index contributed by atoms with van der Waals surface area (Å²) in [5.74, 6) is 0.139. The molecular formula is C22H23Cl3N4O. The van der Waals surface area contributed by atoms with Gasteiger partial charge in [0.15, 0.2) is 0 Å². The van der Waals surface area contributed by atoms with Crippen LogP contribution in [0.1, 0.15) is 40.4 Å². The third kappa shape index (κ3) is 5.16. The molecule has 158 valence electrons. The number of nitrogens with zero attached hydrogens (tertiary/aromatic N) is 2. The van der Waals surface area contributed by atoms with Crippen LogP contribution in [-0.2, 0) is 6.54 Å². The van der Waals surface area contributed by atoms with Crippen molar-refractivity contribution in [1.82, 2.24) is 20.4 Å². The topological polar surface area (TPSA) is 59.0 Å². The molecule has 1 amide bonds. The van der Waals surface area contributed by atoms with Crippen LogP contribution < -0.4 is 10.6 Å². The Morgan fingerprint density at radius 3 is 2.53 bits per heavy atom. The van der Waals surface area contributed by atoms with E-state index in [1.807, 2.05) is 53.2 Å². The molecule has 2 aromatic carbocycles. The third-order valence-electron chi connectivity index (χ3n) is 5.19. The Balaban J connectivity index is 0.00000256. The van der Waals surface area contributed by atoms with Crippen molar-refractivity contribution in [2.75, 3.05) is 13.1 Å². The minimum absolute atomic E-state index is 0. The Kier molecular flexibility index (Phi) is 7.78. The first-order valence-electron chi connectivity index (χ1n) is 9.69. The maximum Gasteiger partial charge on any atom is 0.255 e. The normalized spacial score (nSPS) is 14.2. The molecule has 8 heteroatoms. The van der Waals surface area contributed by atoms with E-state index in [-0.39, 0.29) is 24.2 Å². The number of hydrogen-bond acceptors (Lipinski definition) is 3. The van der Waals surface area contributed by atoms with Gasteiger partial charge in [-0.2, -0.15) is 5.10 Å². The second-order valence-corrected chi connectivity index (χ2v) is 8.04. The smallest absolute Gasteiger partial charge is 0.255 e. The number of aromatic nitrogens is 2. The molecule has 4 rings (SSSR count). The lowest BCUT2D eigenvalue weighted by Crippen LogP contribution is -2.30. The number of carbonyl (C=O) groups excluding carboxylic acids is 1. The molecule has 2 N–H and O–H groups in total. The van der Waals surface area contributed by atoms with E-state index in [4.69, 9.17) is 23.2 Å². The number of benzene rings is 2. The van der Waals surface area contributed by atoms with E-state index in [2.05, 4.69) is 15.7 Å². The first-order chi connectivity index (χ1) is 14.1. The van der Waals surface area contributed by atoms with Crippen LogP contribution in [0.3, 0.4) is 0 Å². The molecule has 5 nitrogen and oxygen atoms in total. The molecule has 0 aliphatic carbocycles. The molecule has 1 aliphatic rings. The maximum absolute atomic E-state index is 13.0. The zero-order valence-corrected chi connectivity index (χ0v) is 18.6. The Morgan fingerprint density at radius 1 is 1.10 bits per heavy atom. The summed E-state index contributed by atoms with van der Waals surface area (Å²) in [6, 6.07) is 15.0. The van der Waals surface area contributed by atoms with Crippen LogP contribution in [0.15, 0.2) is 54.7 Å². The molecule has 0 atom stereocenters. The van der Waals surface area contributed by atoms with E-state index in [0.717, 1.165) is 42.9 Å². The zero-order valence-electron chi connectivity index (χ0n) is 16.3. The molecule has 1 saturated heterocycles. The van der Waals surface area contributed by atoms with Gasteiger partial charge in [-0.3, -0.25) is 4.79 Å². The molecule has 1 aromatic heterocycles. The second kappa shape index (κ2) is 10.3. The first kappa shape index (κ1) is 22.6. The van der Waals surface area contributed by atoms with E-state index in [1.54, 1.807) is 6.20 Å². The highest BCUT2D eigenvalue weighted by Crippen LogP contribution is 2.30. The van der Waals surface area contributed by atoms with E-state index in [0.29, 0.717) is 22.2 Å². The van der Waals surface area contributed by atoms with Crippen molar-refractivity contribution in [3.8, 4) is 5.69 Å². The standard InChI is InChI=1S/C22H22Cl2N4O.ClH/c23-17-4-6-19(7-5-17)28-21(16-8-10-25-11-9-16)20(14-27-28)22(29)26-13-15-2-1-3-18(24)12-15;/h1-7,12,14,16,25H,8-11,13H2,(H,26,29);1H. The fraction of sp³-hybridized carbons (Fsp3) is 0.273. The highest BCUT2D eigenvalue weighted by Gasteiger charge is 2.27. The molecule has 0 saturated carbocycles. The van der Waals surface area contributed by atoms with Gasteiger partial charge in [-0.25, -0.2) is 4.68 Å². The van der Waals surface area contributed by atoms with Crippen LogP contribution in [0, 0.1) is 0 Å². The molecule has 0 spiro atoms. The average molecular weight is 466 g/mol. The number of amides is 1. The van der Waals surface area contributed by atoms with Crippen LogP contribution in [0.5, 0.6) is 0 Å². The fourth-order valence-corrected chi connectivity index (χ4v) is 4.07. The molecule has 1 aliphatic heterocycles. The summed E-state index contributed by atoms with van der Waals surface area (Å²) >= 11 is 12.1. The summed E-state index contributed by atoms with van der Waals surface area (Å²) in [7, 11) is 0. The number of rotatable bonds is 5. The Bertz CT molecular complexity index is 998. The van der Waals surface area contributed by atoms with Gasteiger partial charge in [-0.15, -0.1) is 12.4 Å². The monoisotopic (exact) mass is 464 g/mol. The number of nitrogens with one attached hydrogen (secondary N) is 2. The van der Waals surface area contributed by atoms with Crippen molar-refractivity contribution < 1.29 is 4.79 Å². The van der Waals surface area contributed by atoms with E-state index < -0.39 is 0 Å². The number of carbonyl (C=O) groups is 1. The van der Waals surface area contributed by atoms with Gasteiger partial charge < -0.3 is 10.6 Å². The SMILES string of the molecule is Cl.O=C(NCc1cccc(Cl)c1)c1cnn(-c2ccc(Cl)cc2)c1C1CCNCC1. The van der Waals surface area contributed by atoms with Gasteiger partial charge in [0.25, 0.3) is 5.91 Å². The number of piperidine rings is 1. The minimum Gasteiger partial charge on any atom is -0.348 e. The summed E-state index contributed by atoms with van der Waals surface area (Å²) in [5, 5.41) is 12.3. The number of halogens is 3. The quantitative estimate of drug-likeness (QED) is 0.557. The summed E-state index contributed by atoms with van der Waals surface area (Å²) in [5.41, 5.74) is 3.43. The van der Waals surface area contributed by atoms with Crippen LogP contribution in [0.4, 0.5) is 0 Å². The summed E-state index contributed by atoms with van der Waals surface area (Å²) in [4.78, 5) is 13.0. The minimum atomic E-state index is -0.126.